The largest absolute Gasteiger partial charge is 0.301 e. The molecule has 19 heavy (non-hydrogen) atoms. The highest BCUT2D eigenvalue weighted by atomic mass is 32.1. The van der Waals surface area contributed by atoms with Crippen LogP contribution in [0.5, 0.6) is 0 Å². The van der Waals surface area contributed by atoms with Gasteiger partial charge in [0, 0.05) is 17.6 Å². The van der Waals surface area contributed by atoms with E-state index in [-0.39, 0.29) is 6.04 Å². The van der Waals surface area contributed by atoms with E-state index in [4.69, 9.17) is 0 Å². The van der Waals surface area contributed by atoms with Gasteiger partial charge in [0.1, 0.15) is 17.2 Å². The van der Waals surface area contributed by atoms with E-state index >= 15 is 0 Å². The van der Waals surface area contributed by atoms with Gasteiger partial charge in [0.25, 0.3) is 0 Å². The first kappa shape index (κ1) is 14.1. The minimum absolute atomic E-state index is 0.239. The molecule has 2 rings (SSSR count). The summed E-state index contributed by atoms with van der Waals surface area (Å²) in [6, 6.07) is 0.239. The summed E-state index contributed by atoms with van der Waals surface area (Å²) >= 11 is 1.69. The number of aryl methyl sites for hydroxylation is 1. The summed E-state index contributed by atoms with van der Waals surface area (Å²) in [6.07, 6.45) is 1.62. The van der Waals surface area contributed by atoms with Crippen LogP contribution in [0.2, 0.25) is 0 Å². The van der Waals surface area contributed by atoms with Gasteiger partial charge in [-0.1, -0.05) is 13.8 Å². The van der Waals surface area contributed by atoms with Crippen molar-refractivity contribution in [2.45, 2.75) is 46.8 Å². The highest BCUT2D eigenvalue weighted by molar-refractivity contribution is 7.09. The van der Waals surface area contributed by atoms with E-state index in [1.807, 2.05) is 11.6 Å². The average Bonchev–Trinajstić information content (AvgIpc) is 2.95. The Morgan fingerprint density at radius 1 is 1.37 bits per heavy atom. The Bertz CT molecular complexity index is 517. The molecule has 0 saturated heterocycles. The molecule has 2 aromatic rings. The van der Waals surface area contributed by atoms with Crippen LogP contribution < -0.4 is 5.32 Å². The molecule has 0 bridgehead atoms. The van der Waals surface area contributed by atoms with Crippen molar-refractivity contribution >= 4 is 11.3 Å². The minimum Gasteiger partial charge on any atom is -0.301 e. The fraction of sp³-hybridized carbons (Fsp3) is 0.615. The maximum Gasteiger partial charge on any atom is 0.140 e. The molecule has 0 aliphatic rings. The Morgan fingerprint density at radius 2 is 2.16 bits per heavy atom. The van der Waals surface area contributed by atoms with Crippen molar-refractivity contribution in [1.82, 2.24) is 25.1 Å². The SMILES string of the molecule is Cc1csc(C(C)NCc2ncnn2CC(C)C)n1. The molecule has 0 aromatic carbocycles. The zero-order valence-electron chi connectivity index (χ0n) is 11.9. The molecule has 0 saturated carbocycles. The summed E-state index contributed by atoms with van der Waals surface area (Å²) in [5.41, 5.74) is 1.08. The normalized spacial score (nSPS) is 13.1. The predicted molar refractivity (Wildman–Crippen MR) is 77.0 cm³/mol. The Hall–Kier alpha value is -1.27. The van der Waals surface area contributed by atoms with Gasteiger partial charge in [0.2, 0.25) is 0 Å². The molecule has 2 heterocycles. The Morgan fingerprint density at radius 3 is 2.79 bits per heavy atom. The second kappa shape index (κ2) is 6.25. The number of rotatable bonds is 6. The van der Waals surface area contributed by atoms with Gasteiger partial charge in [-0.2, -0.15) is 5.10 Å². The number of hydrogen-bond acceptors (Lipinski definition) is 5. The third-order valence-corrected chi connectivity index (χ3v) is 3.95. The van der Waals surface area contributed by atoms with Crippen LogP contribution in [0.3, 0.4) is 0 Å². The van der Waals surface area contributed by atoms with Gasteiger partial charge in [-0.05, 0) is 19.8 Å². The number of hydrogen-bond donors (Lipinski definition) is 1. The van der Waals surface area contributed by atoms with Crippen molar-refractivity contribution in [2.75, 3.05) is 0 Å². The molecule has 104 valence electrons. The Kier molecular flexibility index (Phi) is 4.66. The van der Waals surface area contributed by atoms with Crippen LogP contribution in [0, 0.1) is 12.8 Å². The predicted octanol–water partition coefficient (Wildman–Crippen LogP) is 2.55. The van der Waals surface area contributed by atoms with Crippen LogP contribution in [0.25, 0.3) is 0 Å². The molecule has 0 aliphatic carbocycles. The second-order valence-corrected chi connectivity index (χ2v) is 6.07. The van der Waals surface area contributed by atoms with Crippen molar-refractivity contribution in [2.24, 2.45) is 5.92 Å². The molecule has 0 radical (unpaired) electrons. The van der Waals surface area contributed by atoms with E-state index in [0.717, 1.165) is 23.1 Å². The first-order chi connectivity index (χ1) is 9.06. The van der Waals surface area contributed by atoms with Crippen molar-refractivity contribution in [3.05, 3.63) is 28.2 Å². The number of aromatic nitrogens is 4. The highest BCUT2D eigenvalue weighted by Crippen LogP contribution is 2.17. The zero-order chi connectivity index (χ0) is 13.8. The topological polar surface area (TPSA) is 55.6 Å². The smallest absolute Gasteiger partial charge is 0.140 e. The van der Waals surface area contributed by atoms with Crippen molar-refractivity contribution in [3.8, 4) is 0 Å². The quantitative estimate of drug-likeness (QED) is 0.883. The molecule has 0 spiro atoms. The summed E-state index contributed by atoms with van der Waals surface area (Å²) in [5, 5.41) is 10.9. The van der Waals surface area contributed by atoms with E-state index in [0.29, 0.717) is 12.5 Å². The molecule has 0 aliphatic heterocycles. The van der Waals surface area contributed by atoms with Gasteiger partial charge < -0.3 is 5.32 Å². The lowest BCUT2D eigenvalue weighted by Crippen LogP contribution is -2.22. The zero-order valence-corrected chi connectivity index (χ0v) is 12.7. The molecular weight excluding hydrogens is 258 g/mol. The first-order valence-electron chi connectivity index (χ1n) is 6.58. The van der Waals surface area contributed by atoms with Crippen molar-refractivity contribution in [1.29, 1.82) is 0 Å². The third kappa shape index (κ3) is 3.84. The summed E-state index contributed by atoms with van der Waals surface area (Å²) in [7, 11) is 0. The van der Waals surface area contributed by atoms with Crippen molar-refractivity contribution in [3.63, 3.8) is 0 Å². The van der Waals surface area contributed by atoms with Crippen LogP contribution in [-0.2, 0) is 13.1 Å². The number of nitrogens with one attached hydrogen (secondary N) is 1. The van der Waals surface area contributed by atoms with Crippen LogP contribution in [0.15, 0.2) is 11.7 Å². The van der Waals surface area contributed by atoms with E-state index in [1.54, 1.807) is 17.7 Å². The first-order valence-corrected chi connectivity index (χ1v) is 7.46. The molecular formula is C13H21N5S. The number of thiazole rings is 1. The third-order valence-electron chi connectivity index (χ3n) is 2.81. The van der Waals surface area contributed by atoms with E-state index < -0.39 is 0 Å². The lowest BCUT2D eigenvalue weighted by Gasteiger charge is -2.12. The highest BCUT2D eigenvalue weighted by Gasteiger charge is 2.11. The molecule has 2 aromatic heterocycles. The summed E-state index contributed by atoms with van der Waals surface area (Å²) < 4.78 is 1.97. The lowest BCUT2D eigenvalue weighted by atomic mass is 10.2. The van der Waals surface area contributed by atoms with Crippen LogP contribution in [0.4, 0.5) is 0 Å². The molecule has 6 heteroatoms. The maximum absolute atomic E-state index is 4.49. The summed E-state index contributed by atoms with van der Waals surface area (Å²) in [5.74, 6) is 1.55. The summed E-state index contributed by atoms with van der Waals surface area (Å²) in [6.45, 7) is 10.1. The van der Waals surface area contributed by atoms with Crippen molar-refractivity contribution < 1.29 is 0 Å². The van der Waals surface area contributed by atoms with Crippen LogP contribution in [-0.4, -0.2) is 19.7 Å². The second-order valence-electron chi connectivity index (χ2n) is 5.18. The Balaban J connectivity index is 1.93. The van der Waals surface area contributed by atoms with Gasteiger partial charge in [0.05, 0.1) is 12.6 Å². The molecule has 1 N–H and O–H groups in total. The van der Waals surface area contributed by atoms with Crippen LogP contribution in [0.1, 0.15) is 43.3 Å². The van der Waals surface area contributed by atoms with Crippen LogP contribution >= 0.6 is 11.3 Å². The monoisotopic (exact) mass is 279 g/mol. The van der Waals surface area contributed by atoms with E-state index in [1.165, 1.54) is 0 Å². The lowest BCUT2D eigenvalue weighted by molar-refractivity contribution is 0.449. The molecule has 1 atom stereocenters. The van der Waals surface area contributed by atoms with Gasteiger partial charge in [-0.25, -0.2) is 14.6 Å². The molecule has 0 amide bonds. The molecule has 5 nitrogen and oxygen atoms in total. The van der Waals surface area contributed by atoms with E-state index in [9.17, 15) is 0 Å². The fourth-order valence-electron chi connectivity index (χ4n) is 1.83. The minimum atomic E-state index is 0.239. The maximum atomic E-state index is 4.49. The van der Waals surface area contributed by atoms with E-state index in [2.05, 4.69) is 46.5 Å². The Labute approximate surface area is 118 Å². The standard InChI is InChI=1S/C13H21N5S/c1-9(2)6-18-12(15-8-16-18)5-14-11(4)13-17-10(3)7-19-13/h7-9,11,14H,5-6H2,1-4H3. The van der Waals surface area contributed by atoms with Gasteiger partial charge in [-0.3, -0.25) is 0 Å². The van der Waals surface area contributed by atoms with Gasteiger partial charge >= 0.3 is 0 Å². The molecule has 0 fully saturated rings. The average molecular weight is 279 g/mol. The van der Waals surface area contributed by atoms with Gasteiger partial charge in [-0.15, -0.1) is 11.3 Å². The van der Waals surface area contributed by atoms with Gasteiger partial charge in [0.15, 0.2) is 0 Å². The number of nitrogens with zero attached hydrogens (tertiary/aromatic N) is 4. The molecule has 1 unspecified atom stereocenters. The fourth-order valence-corrected chi connectivity index (χ4v) is 2.65. The summed E-state index contributed by atoms with van der Waals surface area (Å²) in [4.78, 5) is 8.81.